The number of fused-ring (bicyclic) bond motifs is 1. The Kier molecular flexibility index (Phi) is 4.58. The van der Waals surface area contributed by atoms with Crippen LogP contribution in [0.5, 0.6) is 0 Å². The van der Waals surface area contributed by atoms with E-state index < -0.39 is 11.4 Å². The molecular formula is C20H19FN4O2. The third kappa shape index (κ3) is 3.53. The normalized spacial score (nSPS) is 13.9. The standard InChI is InChI=1S/C20H19FN4O2/c21-14-7-8-16-15(11-14)20(27)25(13-22-16)12-19(26)23-17-5-1-2-6-18(17)24-9-3-4-10-24/h1-2,5-8,11,13H,3-4,9-10,12H2,(H,23,26). The molecule has 27 heavy (non-hydrogen) atoms. The van der Waals surface area contributed by atoms with Crippen LogP contribution in [0.25, 0.3) is 10.9 Å². The number of para-hydroxylation sites is 2. The van der Waals surface area contributed by atoms with Crippen molar-refractivity contribution in [1.82, 2.24) is 9.55 Å². The van der Waals surface area contributed by atoms with Crippen molar-refractivity contribution < 1.29 is 9.18 Å². The third-order valence-electron chi connectivity index (χ3n) is 4.72. The smallest absolute Gasteiger partial charge is 0.261 e. The van der Waals surface area contributed by atoms with Gasteiger partial charge in [-0.25, -0.2) is 9.37 Å². The van der Waals surface area contributed by atoms with E-state index in [2.05, 4.69) is 15.2 Å². The number of anilines is 2. The zero-order valence-corrected chi connectivity index (χ0v) is 14.7. The van der Waals surface area contributed by atoms with Crippen molar-refractivity contribution >= 4 is 28.2 Å². The van der Waals surface area contributed by atoms with Gasteiger partial charge in [-0.3, -0.25) is 14.2 Å². The number of carbonyl (C=O) groups excluding carboxylic acids is 1. The van der Waals surface area contributed by atoms with E-state index in [4.69, 9.17) is 0 Å². The fourth-order valence-corrected chi connectivity index (χ4v) is 3.40. The fourth-order valence-electron chi connectivity index (χ4n) is 3.40. The zero-order chi connectivity index (χ0) is 18.8. The Morgan fingerprint density at radius 1 is 1.15 bits per heavy atom. The lowest BCUT2D eigenvalue weighted by Crippen LogP contribution is -2.28. The van der Waals surface area contributed by atoms with Gasteiger partial charge >= 0.3 is 0 Å². The van der Waals surface area contributed by atoms with Crippen LogP contribution in [0, 0.1) is 5.82 Å². The molecule has 1 aliphatic rings. The van der Waals surface area contributed by atoms with Crippen molar-refractivity contribution in [3.05, 3.63) is 65.0 Å². The molecule has 2 heterocycles. The number of halogens is 1. The first-order valence-corrected chi connectivity index (χ1v) is 8.90. The molecule has 3 aromatic rings. The van der Waals surface area contributed by atoms with Gasteiger partial charge in [-0.05, 0) is 43.2 Å². The molecule has 1 aliphatic heterocycles. The largest absolute Gasteiger partial charge is 0.370 e. The number of aromatic nitrogens is 2. The lowest BCUT2D eigenvalue weighted by atomic mass is 10.2. The molecule has 4 rings (SSSR count). The highest BCUT2D eigenvalue weighted by Gasteiger charge is 2.17. The van der Waals surface area contributed by atoms with Gasteiger partial charge in [-0.2, -0.15) is 0 Å². The SMILES string of the molecule is O=C(Cn1cnc2ccc(F)cc2c1=O)Nc1ccccc1N1CCCC1. The number of carbonyl (C=O) groups is 1. The van der Waals surface area contributed by atoms with Crippen LogP contribution >= 0.6 is 0 Å². The van der Waals surface area contributed by atoms with Gasteiger partial charge < -0.3 is 10.2 Å². The van der Waals surface area contributed by atoms with E-state index in [1.54, 1.807) is 0 Å². The van der Waals surface area contributed by atoms with Gasteiger partial charge in [-0.1, -0.05) is 12.1 Å². The average Bonchev–Trinajstić information content (AvgIpc) is 3.19. The molecule has 0 radical (unpaired) electrons. The molecule has 1 saturated heterocycles. The predicted octanol–water partition coefficient (Wildman–Crippen LogP) is 2.77. The summed E-state index contributed by atoms with van der Waals surface area (Å²) in [6.45, 7) is 1.74. The van der Waals surface area contributed by atoms with Crippen LogP contribution in [-0.4, -0.2) is 28.5 Å². The van der Waals surface area contributed by atoms with Crippen molar-refractivity contribution in [1.29, 1.82) is 0 Å². The van der Waals surface area contributed by atoms with E-state index in [0.29, 0.717) is 5.52 Å². The summed E-state index contributed by atoms with van der Waals surface area (Å²) < 4.78 is 14.6. The zero-order valence-electron chi connectivity index (χ0n) is 14.7. The highest BCUT2D eigenvalue weighted by Crippen LogP contribution is 2.28. The Labute approximate surface area is 155 Å². The number of hydrogen-bond donors (Lipinski definition) is 1. The van der Waals surface area contributed by atoms with Crippen LogP contribution in [0.3, 0.4) is 0 Å². The molecule has 1 N–H and O–H groups in total. The lowest BCUT2D eigenvalue weighted by molar-refractivity contribution is -0.116. The average molecular weight is 366 g/mol. The minimum Gasteiger partial charge on any atom is -0.370 e. The van der Waals surface area contributed by atoms with Gasteiger partial charge in [-0.15, -0.1) is 0 Å². The van der Waals surface area contributed by atoms with E-state index in [0.717, 1.165) is 43.4 Å². The first-order valence-electron chi connectivity index (χ1n) is 8.90. The van der Waals surface area contributed by atoms with Crippen LogP contribution in [0.4, 0.5) is 15.8 Å². The molecule has 0 aliphatic carbocycles. The van der Waals surface area contributed by atoms with Gasteiger partial charge in [0, 0.05) is 13.1 Å². The highest BCUT2D eigenvalue weighted by molar-refractivity contribution is 5.94. The first-order chi connectivity index (χ1) is 13.1. The second kappa shape index (κ2) is 7.19. The first kappa shape index (κ1) is 17.2. The van der Waals surface area contributed by atoms with Crippen LogP contribution in [0.2, 0.25) is 0 Å². The number of hydrogen-bond acceptors (Lipinski definition) is 4. The minimum absolute atomic E-state index is 0.155. The van der Waals surface area contributed by atoms with E-state index in [9.17, 15) is 14.0 Å². The molecule has 6 nitrogen and oxygen atoms in total. The summed E-state index contributed by atoms with van der Waals surface area (Å²) >= 11 is 0. The second-order valence-electron chi connectivity index (χ2n) is 6.60. The molecule has 2 aromatic carbocycles. The van der Waals surface area contributed by atoms with Crippen molar-refractivity contribution in [2.24, 2.45) is 0 Å². The molecular weight excluding hydrogens is 347 g/mol. The molecule has 1 amide bonds. The molecule has 1 fully saturated rings. The number of benzene rings is 2. The van der Waals surface area contributed by atoms with E-state index in [-0.39, 0.29) is 17.8 Å². The Morgan fingerprint density at radius 2 is 1.93 bits per heavy atom. The van der Waals surface area contributed by atoms with Crippen molar-refractivity contribution in [3.63, 3.8) is 0 Å². The van der Waals surface area contributed by atoms with Crippen molar-refractivity contribution in [2.45, 2.75) is 19.4 Å². The summed E-state index contributed by atoms with van der Waals surface area (Å²) in [5, 5.41) is 3.04. The maximum Gasteiger partial charge on any atom is 0.261 e. The number of rotatable bonds is 4. The van der Waals surface area contributed by atoms with Gasteiger partial charge in [0.05, 0.1) is 28.6 Å². The molecule has 0 spiro atoms. The quantitative estimate of drug-likeness (QED) is 0.771. The number of amides is 1. The minimum atomic E-state index is -0.511. The van der Waals surface area contributed by atoms with Crippen LogP contribution in [0.15, 0.2) is 53.6 Å². The molecule has 0 unspecified atom stereocenters. The number of nitrogens with zero attached hydrogens (tertiary/aromatic N) is 3. The highest BCUT2D eigenvalue weighted by atomic mass is 19.1. The summed E-state index contributed by atoms with van der Waals surface area (Å²) in [6.07, 6.45) is 3.59. The summed E-state index contributed by atoms with van der Waals surface area (Å²) in [5.74, 6) is -0.843. The van der Waals surface area contributed by atoms with Crippen LogP contribution in [0.1, 0.15) is 12.8 Å². The monoisotopic (exact) mass is 366 g/mol. The van der Waals surface area contributed by atoms with E-state index >= 15 is 0 Å². The second-order valence-corrected chi connectivity index (χ2v) is 6.60. The lowest BCUT2D eigenvalue weighted by Gasteiger charge is -2.21. The van der Waals surface area contributed by atoms with Crippen molar-refractivity contribution in [2.75, 3.05) is 23.3 Å². The Bertz CT molecular complexity index is 1060. The maximum absolute atomic E-state index is 13.4. The topological polar surface area (TPSA) is 67.2 Å². The molecule has 0 bridgehead atoms. The molecule has 0 saturated carbocycles. The fraction of sp³-hybridized carbons (Fsp3) is 0.250. The third-order valence-corrected chi connectivity index (χ3v) is 4.72. The Morgan fingerprint density at radius 3 is 2.74 bits per heavy atom. The molecule has 0 atom stereocenters. The van der Waals surface area contributed by atoms with Gasteiger partial charge in [0.15, 0.2) is 0 Å². The summed E-state index contributed by atoms with van der Waals surface area (Å²) in [7, 11) is 0. The molecule has 7 heteroatoms. The Hall–Kier alpha value is -3.22. The van der Waals surface area contributed by atoms with E-state index in [1.165, 1.54) is 23.0 Å². The predicted molar refractivity (Wildman–Crippen MR) is 102 cm³/mol. The molecule has 1 aromatic heterocycles. The van der Waals surface area contributed by atoms with Gasteiger partial charge in [0.2, 0.25) is 5.91 Å². The van der Waals surface area contributed by atoms with E-state index in [1.807, 2.05) is 24.3 Å². The van der Waals surface area contributed by atoms with Gasteiger partial charge in [0.25, 0.3) is 5.56 Å². The summed E-state index contributed by atoms with van der Waals surface area (Å²) in [6, 6.07) is 11.5. The number of nitrogens with one attached hydrogen (secondary N) is 1. The van der Waals surface area contributed by atoms with Gasteiger partial charge in [0.1, 0.15) is 12.4 Å². The maximum atomic E-state index is 13.4. The van der Waals surface area contributed by atoms with Crippen molar-refractivity contribution in [3.8, 4) is 0 Å². The summed E-state index contributed by atoms with van der Waals surface area (Å²) in [4.78, 5) is 31.4. The Balaban J connectivity index is 1.56. The summed E-state index contributed by atoms with van der Waals surface area (Å²) in [5.41, 5.74) is 1.66. The van der Waals surface area contributed by atoms with Crippen LogP contribution < -0.4 is 15.8 Å². The molecule has 138 valence electrons. The van der Waals surface area contributed by atoms with Crippen LogP contribution in [-0.2, 0) is 11.3 Å².